The van der Waals surface area contributed by atoms with Crippen LogP contribution in [0, 0.1) is 5.92 Å². The molecule has 1 aromatic heterocycles. The van der Waals surface area contributed by atoms with Crippen molar-refractivity contribution >= 4 is 17.5 Å². The van der Waals surface area contributed by atoms with E-state index in [0.29, 0.717) is 17.1 Å². The van der Waals surface area contributed by atoms with Crippen LogP contribution in [-0.4, -0.2) is 24.6 Å². The van der Waals surface area contributed by atoms with Crippen LogP contribution in [0.1, 0.15) is 42.5 Å². The molecule has 1 aliphatic carbocycles. The maximum atomic E-state index is 11.5. The Hall–Kier alpha value is -1.78. The summed E-state index contributed by atoms with van der Waals surface area (Å²) in [5.74, 6) is 1.08. The molecule has 1 saturated carbocycles. The van der Waals surface area contributed by atoms with E-state index in [4.69, 9.17) is 5.73 Å². The molecule has 1 aliphatic rings. The minimum absolute atomic E-state index is 0.341. The van der Waals surface area contributed by atoms with E-state index in [2.05, 4.69) is 15.0 Å². The molecule has 0 radical (unpaired) electrons. The lowest BCUT2D eigenvalue weighted by molar-refractivity contribution is 0.0602. The Morgan fingerprint density at radius 1 is 1.53 bits per heavy atom. The number of nitrogens with two attached hydrogens (primary N) is 1. The molecule has 0 atom stereocenters. The standard InChI is InChI=1S/C14H21N3O2/c1-19-14(18)11-8-13(17-9-12(11)15)16-7-6-10-4-2-3-5-10/h8-10H,2-7,15H2,1H3,(H,16,17). The number of ether oxygens (including phenoxy) is 1. The molecule has 3 N–H and O–H groups in total. The van der Waals surface area contributed by atoms with Crippen molar-refractivity contribution < 1.29 is 9.53 Å². The Morgan fingerprint density at radius 2 is 2.26 bits per heavy atom. The lowest BCUT2D eigenvalue weighted by atomic mass is 10.0. The number of esters is 1. The SMILES string of the molecule is COC(=O)c1cc(NCCC2CCCC2)ncc1N. The van der Waals surface area contributed by atoms with Crippen molar-refractivity contribution in [3.05, 3.63) is 17.8 Å². The van der Waals surface area contributed by atoms with Gasteiger partial charge in [-0.25, -0.2) is 9.78 Å². The predicted octanol–water partition coefficient (Wildman–Crippen LogP) is 2.44. The lowest BCUT2D eigenvalue weighted by Crippen LogP contribution is -2.11. The van der Waals surface area contributed by atoms with Crippen molar-refractivity contribution in [1.82, 2.24) is 4.98 Å². The largest absolute Gasteiger partial charge is 0.465 e. The summed E-state index contributed by atoms with van der Waals surface area (Å²) in [5, 5.41) is 3.24. The fraction of sp³-hybridized carbons (Fsp3) is 0.571. The molecule has 0 aliphatic heterocycles. The van der Waals surface area contributed by atoms with Gasteiger partial charge in [-0.2, -0.15) is 0 Å². The molecule has 5 nitrogen and oxygen atoms in total. The average Bonchev–Trinajstić information content (AvgIpc) is 2.93. The van der Waals surface area contributed by atoms with Crippen LogP contribution in [0.5, 0.6) is 0 Å². The van der Waals surface area contributed by atoms with Gasteiger partial charge < -0.3 is 15.8 Å². The Bertz CT molecular complexity index is 442. The first-order valence-electron chi connectivity index (χ1n) is 6.78. The molecule has 1 heterocycles. The summed E-state index contributed by atoms with van der Waals surface area (Å²) in [6.07, 6.45) is 8.03. The number of carbonyl (C=O) groups is 1. The number of nitrogens with one attached hydrogen (secondary N) is 1. The van der Waals surface area contributed by atoms with Crippen LogP contribution in [0.15, 0.2) is 12.3 Å². The van der Waals surface area contributed by atoms with E-state index in [1.54, 1.807) is 6.07 Å². The fourth-order valence-corrected chi connectivity index (χ4v) is 2.55. The van der Waals surface area contributed by atoms with Crippen molar-refractivity contribution in [2.24, 2.45) is 5.92 Å². The number of carbonyl (C=O) groups excluding carboxylic acids is 1. The van der Waals surface area contributed by atoms with Gasteiger partial charge in [-0.05, 0) is 18.4 Å². The van der Waals surface area contributed by atoms with E-state index in [0.717, 1.165) is 18.9 Å². The van der Waals surface area contributed by atoms with Crippen LogP contribution in [-0.2, 0) is 4.74 Å². The zero-order valence-electron chi connectivity index (χ0n) is 11.3. The highest BCUT2D eigenvalue weighted by molar-refractivity contribution is 5.95. The number of nitrogens with zero attached hydrogens (tertiary/aromatic N) is 1. The molecule has 1 aromatic rings. The van der Waals surface area contributed by atoms with Gasteiger partial charge in [-0.1, -0.05) is 25.7 Å². The summed E-state index contributed by atoms with van der Waals surface area (Å²) in [5.41, 5.74) is 6.41. The highest BCUT2D eigenvalue weighted by Crippen LogP contribution is 2.27. The highest BCUT2D eigenvalue weighted by Gasteiger charge is 2.15. The molecule has 0 bridgehead atoms. The number of nitrogen functional groups attached to an aromatic ring is 1. The molecular formula is C14H21N3O2. The van der Waals surface area contributed by atoms with E-state index in [9.17, 15) is 4.79 Å². The van der Waals surface area contributed by atoms with Crippen molar-refractivity contribution in [3.8, 4) is 0 Å². The van der Waals surface area contributed by atoms with Crippen LogP contribution in [0.4, 0.5) is 11.5 Å². The summed E-state index contributed by atoms with van der Waals surface area (Å²) >= 11 is 0. The Kier molecular flexibility index (Phi) is 4.60. The van der Waals surface area contributed by atoms with Gasteiger partial charge in [0.1, 0.15) is 5.82 Å². The molecule has 19 heavy (non-hydrogen) atoms. The van der Waals surface area contributed by atoms with Gasteiger partial charge in [0.2, 0.25) is 0 Å². The number of aromatic nitrogens is 1. The molecule has 0 spiro atoms. The minimum atomic E-state index is -0.432. The monoisotopic (exact) mass is 263 g/mol. The average molecular weight is 263 g/mol. The van der Waals surface area contributed by atoms with Crippen LogP contribution in [0.2, 0.25) is 0 Å². The van der Waals surface area contributed by atoms with E-state index in [1.165, 1.54) is 39.0 Å². The molecular weight excluding hydrogens is 242 g/mol. The van der Waals surface area contributed by atoms with Gasteiger partial charge in [0, 0.05) is 6.54 Å². The van der Waals surface area contributed by atoms with Crippen LogP contribution >= 0.6 is 0 Å². The second-order valence-electron chi connectivity index (χ2n) is 5.01. The van der Waals surface area contributed by atoms with Crippen LogP contribution < -0.4 is 11.1 Å². The predicted molar refractivity (Wildman–Crippen MR) is 75.1 cm³/mol. The summed E-state index contributed by atoms with van der Waals surface area (Å²) in [7, 11) is 1.34. The molecule has 0 unspecified atom stereocenters. The first kappa shape index (κ1) is 13.6. The third-order valence-electron chi connectivity index (χ3n) is 3.67. The molecule has 0 saturated heterocycles. The van der Waals surface area contributed by atoms with Gasteiger partial charge in [0.15, 0.2) is 0 Å². The van der Waals surface area contributed by atoms with Crippen molar-refractivity contribution in [1.29, 1.82) is 0 Å². The van der Waals surface area contributed by atoms with Gasteiger partial charge in [-0.15, -0.1) is 0 Å². The number of methoxy groups -OCH3 is 1. The summed E-state index contributed by atoms with van der Waals surface area (Å²) in [6, 6.07) is 1.65. The van der Waals surface area contributed by atoms with E-state index in [1.807, 2.05) is 0 Å². The number of hydrogen-bond donors (Lipinski definition) is 2. The first-order valence-corrected chi connectivity index (χ1v) is 6.78. The van der Waals surface area contributed by atoms with Gasteiger partial charge in [0.25, 0.3) is 0 Å². The molecule has 104 valence electrons. The van der Waals surface area contributed by atoms with Crippen molar-refractivity contribution in [2.75, 3.05) is 24.7 Å². The highest BCUT2D eigenvalue weighted by atomic mass is 16.5. The smallest absolute Gasteiger partial charge is 0.340 e. The maximum Gasteiger partial charge on any atom is 0.340 e. The van der Waals surface area contributed by atoms with Gasteiger partial charge in [-0.3, -0.25) is 0 Å². The number of rotatable bonds is 5. The fourth-order valence-electron chi connectivity index (χ4n) is 2.55. The molecule has 1 fully saturated rings. The van der Waals surface area contributed by atoms with Gasteiger partial charge >= 0.3 is 5.97 Å². The third-order valence-corrected chi connectivity index (χ3v) is 3.67. The molecule has 0 amide bonds. The minimum Gasteiger partial charge on any atom is -0.465 e. The summed E-state index contributed by atoms with van der Waals surface area (Å²) in [6.45, 7) is 0.877. The first-order chi connectivity index (χ1) is 9.20. The molecule has 0 aromatic carbocycles. The Morgan fingerprint density at radius 3 is 2.95 bits per heavy atom. The van der Waals surface area contributed by atoms with Crippen LogP contribution in [0.3, 0.4) is 0 Å². The second-order valence-corrected chi connectivity index (χ2v) is 5.01. The second kappa shape index (κ2) is 6.41. The number of pyridine rings is 1. The zero-order valence-corrected chi connectivity index (χ0v) is 11.3. The molecule has 2 rings (SSSR count). The van der Waals surface area contributed by atoms with Crippen LogP contribution in [0.25, 0.3) is 0 Å². The summed E-state index contributed by atoms with van der Waals surface area (Å²) < 4.78 is 4.68. The van der Waals surface area contributed by atoms with Crippen molar-refractivity contribution in [2.45, 2.75) is 32.1 Å². The van der Waals surface area contributed by atoms with Crippen molar-refractivity contribution in [3.63, 3.8) is 0 Å². The third kappa shape index (κ3) is 3.59. The quantitative estimate of drug-likeness (QED) is 0.798. The number of anilines is 2. The van der Waals surface area contributed by atoms with Gasteiger partial charge in [0.05, 0.1) is 24.6 Å². The number of hydrogen-bond acceptors (Lipinski definition) is 5. The Balaban J connectivity index is 1.91. The van der Waals surface area contributed by atoms with E-state index < -0.39 is 5.97 Å². The lowest BCUT2D eigenvalue weighted by Gasteiger charge is -2.11. The zero-order chi connectivity index (χ0) is 13.7. The molecule has 5 heteroatoms. The van der Waals surface area contributed by atoms with E-state index in [-0.39, 0.29) is 0 Å². The summed E-state index contributed by atoms with van der Waals surface area (Å²) in [4.78, 5) is 15.7. The van der Waals surface area contributed by atoms with E-state index >= 15 is 0 Å². The Labute approximate surface area is 113 Å². The normalized spacial score (nSPS) is 15.4. The maximum absolute atomic E-state index is 11.5. The topological polar surface area (TPSA) is 77.2 Å².